The van der Waals surface area contributed by atoms with E-state index in [1.807, 2.05) is 60.7 Å². The second-order valence-corrected chi connectivity index (χ2v) is 11.2. The Balaban J connectivity index is 1.26. The van der Waals surface area contributed by atoms with Crippen molar-refractivity contribution in [3.05, 3.63) is 120 Å². The van der Waals surface area contributed by atoms with Crippen molar-refractivity contribution in [3.8, 4) is 22.3 Å². The monoisotopic (exact) mass is 604 g/mol. The van der Waals surface area contributed by atoms with Gasteiger partial charge in [0.05, 0.1) is 11.1 Å². The van der Waals surface area contributed by atoms with E-state index < -0.39 is 59.2 Å². The molecule has 10 nitrogen and oxygen atoms in total. The zero-order valence-electron chi connectivity index (χ0n) is 22.7. The smallest absolute Gasteiger partial charge is 0.338 e. The lowest BCUT2D eigenvalue weighted by Gasteiger charge is -2.20. The van der Waals surface area contributed by atoms with Crippen LogP contribution in [-0.2, 0) is 29.1 Å². The number of benzene rings is 4. The molecule has 1 aliphatic rings. The molecule has 1 aliphatic heterocycles. The summed E-state index contributed by atoms with van der Waals surface area (Å²) in [6.45, 7) is -0.451. The maximum absolute atomic E-state index is 13.0. The third kappa shape index (κ3) is 7.72. The molecule has 1 saturated heterocycles. The van der Waals surface area contributed by atoms with Gasteiger partial charge in [0.1, 0.15) is 18.8 Å². The van der Waals surface area contributed by atoms with E-state index in [0.29, 0.717) is 0 Å². The summed E-state index contributed by atoms with van der Waals surface area (Å²) in [6.07, 6.45) is -5.83. The molecule has 4 atom stereocenters. The number of rotatable bonds is 10. The van der Waals surface area contributed by atoms with Gasteiger partial charge < -0.3 is 24.1 Å². The van der Waals surface area contributed by atoms with Crippen molar-refractivity contribution >= 4 is 22.1 Å². The van der Waals surface area contributed by atoms with Crippen LogP contribution in [0.15, 0.2) is 109 Å². The van der Waals surface area contributed by atoms with E-state index in [9.17, 15) is 23.1 Å². The molecule has 0 saturated carbocycles. The Morgan fingerprint density at radius 2 is 1.16 bits per heavy atom. The summed E-state index contributed by atoms with van der Waals surface area (Å²) in [6, 6.07) is 32.5. The van der Waals surface area contributed by atoms with Crippen molar-refractivity contribution in [3.63, 3.8) is 0 Å². The van der Waals surface area contributed by atoms with Gasteiger partial charge in [-0.2, -0.15) is 8.42 Å². The van der Waals surface area contributed by atoms with E-state index in [1.165, 1.54) is 0 Å². The van der Waals surface area contributed by atoms with Gasteiger partial charge in [0, 0.05) is 0 Å². The predicted molar refractivity (Wildman–Crippen MR) is 155 cm³/mol. The topological polar surface area (TPSA) is 146 Å². The molecule has 1 unspecified atom stereocenters. The molecular weight excluding hydrogens is 576 g/mol. The molecule has 4 aromatic carbocycles. The van der Waals surface area contributed by atoms with E-state index in [0.717, 1.165) is 22.3 Å². The average molecular weight is 605 g/mol. The van der Waals surface area contributed by atoms with Crippen LogP contribution in [0.4, 0.5) is 0 Å². The Bertz CT molecular complexity index is 1640. The zero-order chi connectivity index (χ0) is 30.4. The van der Waals surface area contributed by atoms with Crippen molar-refractivity contribution in [2.75, 3.05) is 12.5 Å². The number of ether oxygens (including phenoxy) is 4. The molecule has 11 heteroatoms. The fourth-order valence-electron chi connectivity index (χ4n) is 4.57. The molecular formula is C32H28O10S. The highest BCUT2D eigenvalue weighted by Gasteiger charge is 2.48. The van der Waals surface area contributed by atoms with Gasteiger partial charge in [-0.25, -0.2) is 9.59 Å². The minimum atomic E-state index is -4.55. The SMILES string of the molecule is O=C(OC[C@H]1OC(OCS(=O)(=O)O)[C@@H](O)[C@@H]1OC(=O)c1ccc(-c2ccccc2)cc1)c1ccc(-c2ccccc2)cc1. The second kappa shape index (κ2) is 13.3. The Kier molecular flexibility index (Phi) is 9.29. The number of carbonyl (C=O) groups is 2. The minimum absolute atomic E-state index is 0.184. The highest BCUT2D eigenvalue weighted by Crippen LogP contribution is 2.28. The van der Waals surface area contributed by atoms with Crippen LogP contribution in [0.5, 0.6) is 0 Å². The maximum Gasteiger partial charge on any atom is 0.338 e. The van der Waals surface area contributed by atoms with Crippen molar-refractivity contribution in [2.24, 2.45) is 0 Å². The molecule has 1 heterocycles. The summed E-state index contributed by atoms with van der Waals surface area (Å²) in [4.78, 5) is 25.8. The van der Waals surface area contributed by atoms with Crippen LogP contribution in [0.1, 0.15) is 20.7 Å². The molecule has 4 aromatic rings. The van der Waals surface area contributed by atoms with Crippen molar-refractivity contribution < 1.29 is 46.6 Å². The van der Waals surface area contributed by atoms with Crippen molar-refractivity contribution in [1.82, 2.24) is 0 Å². The molecule has 1 fully saturated rings. The largest absolute Gasteiger partial charge is 0.459 e. The Morgan fingerprint density at radius 1 is 0.698 bits per heavy atom. The Morgan fingerprint density at radius 3 is 1.65 bits per heavy atom. The van der Waals surface area contributed by atoms with Gasteiger partial charge >= 0.3 is 11.9 Å². The molecule has 5 rings (SSSR count). The second-order valence-electron chi connectivity index (χ2n) is 9.76. The first kappa shape index (κ1) is 30.1. The number of aliphatic hydroxyl groups excluding tert-OH is 1. The van der Waals surface area contributed by atoms with Crippen molar-refractivity contribution in [1.29, 1.82) is 0 Å². The Hall–Kier alpha value is -4.39. The van der Waals surface area contributed by atoms with Gasteiger partial charge in [0.15, 0.2) is 18.3 Å². The molecule has 2 N–H and O–H groups in total. The van der Waals surface area contributed by atoms with E-state index in [4.69, 9.17) is 23.5 Å². The van der Waals surface area contributed by atoms with E-state index >= 15 is 0 Å². The molecule has 222 valence electrons. The first-order valence-corrected chi connectivity index (χ1v) is 14.9. The summed E-state index contributed by atoms with van der Waals surface area (Å²) in [5.74, 6) is -2.66. The third-order valence-electron chi connectivity index (χ3n) is 6.75. The lowest BCUT2D eigenvalue weighted by Crippen LogP contribution is -2.39. The Labute approximate surface area is 248 Å². The van der Waals surface area contributed by atoms with Gasteiger partial charge in [-0.15, -0.1) is 0 Å². The standard InChI is InChI=1S/C32H28O10S/c33-28-29(42-31(35)26-17-13-24(14-18-26)22-9-5-2-6-10-22)27(41-32(28)40-20-43(36,37)38)19-39-30(34)25-15-11-23(12-16-25)21-7-3-1-4-8-21/h1-18,27-29,32-33H,19-20H2,(H,36,37,38)/t27-,28+,29-,32?/m1/s1. The van der Waals surface area contributed by atoms with Crippen LogP contribution in [0.2, 0.25) is 0 Å². The molecule has 43 heavy (non-hydrogen) atoms. The van der Waals surface area contributed by atoms with E-state index in [-0.39, 0.29) is 11.1 Å². The van der Waals surface area contributed by atoms with E-state index in [2.05, 4.69) is 0 Å². The normalized spacial score (nSPS) is 20.0. The first-order chi connectivity index (χ1) is 20.7. The van der Waals surface area contributed by atoms with Gasteiger partial charge in [-0.1, -0.05) is 84.9 Å². The fourth-order valence-corrected chi connectivity index (χ4v) is 4.87. The average Bonchev–Trinajstić information content (AvgIpc) is 3.33. The number of aliphatic hydroxyl groups is 1. The lowest BCUT2D eigenvalue weighted by molar-refractivity contribution is -0.159. The first-order valence-electron chi connectivity index (χ1n) is 13.3. The fraction of sp³-hybridized carbons (Fsp3) is 0.188. The molecule has 0 amide bonds. The molecule has 0 aliphatic carbocycles. The maximum atomic E-state index is 13.0. The summed E-state index contributed by atoms with van der Waals surface area (Å²) in [5, 5.41) is 10.8. The summed E-state index contributed by atoms with van der Waals surface area (Å²) >= 11 is 0. The number of esters is 2. The number of carbonyl (C=O) groups excluding carboxylic acids is 2. The van der Waals surface area contributed by atoms with Crippen LogP contribution in [0.25, 0.3) is 22.3 Å². The van der Waals surface area contributed by atoms with Crippen LogP contribution < -0.4 is 0 Å². The minimum Gasteiger partial charge on any atom is -0.459 e. The molecule has 0 bridgehead atoms. The van der Waals surface area contributed by atoms with Gasteiger partial charge in [-0.05, 0) is 46.5 Å². The summed E-state index contributed by atoms with van der Waals surface area (Å²) in [5.41, 5.74) is 4.15. The molecule has 0 spiro atoms. The van der Waals surface area contributed by atoms with Crippen LogP contribution in [-0.4, -0.2) is 67.2 Å². The van der Waals surface area contributed by atoms with Gasteiger partial charge in [0.25, 0.3) is 10.1 Å². The third-order valence-corrected chi connectivity index (χ3v) is 7.18. The quantitative estimate of drug-likeness (QED) is 0.198. The van der Waals surface area contributed by atoms with Crippen LogP contribution >= 0.6 is 0 Å². The number of hydrogen-bond donors (Lipinski definition) is 2. The van der Waals surface area contributed by atoms with Gasteiger partial charge in [-0.3, -0.25) is 4.55 Å². The highest BCUT2D eigenvalue weighted by molar-refractivity contribution is 7.85. The summed E-state index contributed by atoms with van der Waals surface area (Å²) < 4.78 is 52.9. The zero-order valence-corrected chi connectivity index (χ0v) is 23.5. The summed E-state index contributed by atoms with van der Waals surface area (Å²) in [7, 11) is -4.55. The van der Waals surface area contributed by atoms with E-state index in [1.54, 1.807) is 48.5 Å². The van der Waals surface area contributed by atoms with Crippen LogP contribution in [0, 0.1) is 0 Å². The lowest BCUT2D eigenvalue weighted by atomic mass is 10.0. The molecule has 0 aromatic heterocycles. The van der Waals surface area contributed by atoms with Gasteiger partial charge in [0.2, 0.25) is 0 Å². The highest BCUT2D eigenvalue weighted by atomic mass is 32.2. The van der Waals surface area contributed by atoms with Crippen molar-refractivity contribution in [2.45, 2.75) is 24.6 Å². The molecule has 0 radical (unpaired) electrons. The van der Waals surface area contributed by atoms with Crippen LogP contribution in [0.3, 0.4) is 0 Å². The number of hydrogen-bond acceptors (Lipinski definition) is 9. The predicted octanol–water partition coefficient (Wildman–Crippen LogP) is 4.35.